The number of aromatic nitrogens is 1. The summed E-state index contributed by atoms with van der Waals surface area (Å²) in [5.41, 5.74) is 0.604. The molecule has 0 N–H and O–H groups in total. The van der Waals surface area contributed by atoms with Gasteiger partial charge in [-0.2, -0.15) is 0 Å². The number of benzene rings is 1. The molecule has 0 radical (unpaired) electrons. The van der Waals surface area contributed by atoms with Crippen LogP contribution in [0.4, 0.5) is 4.39 Å². The Bertz CT molecular complexity index is 607. The molecule has 0 atom stereocenters. The Morgan fingerprint density at radius 3 is 2.65 bits per heavy atom. The van der Waals surface area contributed by atoms with Crippen LogP contribution in [0, 0.1) is 5.82 Å². The van der Waals surface area contributed by atoms with Gasteiger partial charge in [0.15, 0.2) is 11.5 Å². The van der Waals surface area contributed by atoms with Gasteiger partial charge in [0.1, 0.15) is 23.9 Å². The monoisotopic (exact) mass is 341 g/mol. The third-order valence-corrected chi connectivity index (χ3v) is 3.24. The summed E-state index contributed by atoms with van der Waals surface area (Å²) in [5.74, 6) is 1.30. The van der Waals surface area contributed by atoms with Crippen LogP contribution in [0.25, 0.3) is 0 Å². The van der Waals surface area contributed by atoms with Crippen LogP contribution in [-0.2, 0) is 6.61 Å². The summed E-state index contributed by atoms with van der Waals surface area (Å²) in [7, 11) is 3.09. The van der Waals surface area contributed by atoms with E-state index in [0.29, 0.717) is 27.4 Å². The summed E-state index contributed by atoms with van der Waals surface area (Å²) >= 11 is 3.11. The lowest BCUT2D eigenvalue weighted by Gasteiger charge is -2.12. The van der Waals surface area contributed by atoms with Crippen LogP contribution in [0.2, 0.25) is 0 Å². The van der Waals surface area contributed by atoms with E-state index >= 15 is 0 Å². The number of halogens is 2. The van der Waals surface area contributed by atoms with Crippen molar-refractivity contribution in [3.63, 3.8) is 0 Å². The van der Waals surface area contributed by atoms with Gasteiger partial charge in [0, 0.05) is 12.3 Å². The standard InChI is InChI=1S/C14H13BrFNO3/c1-18-13-5-6-17-12(14(13)19-2)8-20-9-3-4-11(16)10(15)7-9/h3-7H,8H2,1-2H3. The van der Waals surface area contributed by atoms with E-state index in [4.69, 9.17) is 14.2 Å². The molecule has 0 amide bonds. The Morgan fingerprint density at radius 1 is 1.20 bits per heavy atom. The number of nitrogens with zero attached hydrogens (tertiary/aromatic N) is 1. The average Bonchev–Trinajstić information content (AvgIpc) is 2.47. The van der Waals surface area contributed by atoms with E-state index in [1.54, 1.807) is 31.5 Å². The molecule has 0 spiro atoms. The fourth-order valence-corrected chi connectivity index (χ4v) is 2.03. The normalized spacial score (nSPS) is 10.2. The van der Waals surface area contributed by atoms with Crippen LogP contribution in [0.3, 0.4) is 0 Å². The van der Waals surface area contributed by atoms with E-state index in [1.165, 1.54) is 13.2 Å². The molecule has 0 fully saturated rings. The van der Waals surface area contributed by atoms with Crippen molar-refractivity contribution in [2.24, 2.45) is 0 Å². The van der Waals surface area contributed by atoms with Crippen LogP contribution < -0.4 is 14.2 Å². The van der Waals surface area contributed by atoms with Gasteiger partial charge in [-0.1, -0.05) is 0 Å². The largest absolute Gasteiger partial charge is 0.493 e. The Kier molecular flexibility index (Phi) is 4.79. The lowest BCUT2D eigenvalue weighted by Crippen LogP contribution is -2.03. The van der Waals surface area contributed by atoms with Crippen molar-refractivity contribution in [1.82, 2.24) is 4.98 Å². The lowest BCUT2D eigenvalue weighted by atomic mass is 10.3. The summed E-state index contributed by atoms with van der Waals surface area (Å²) in [6.45, 7) is 0.193. The molecule has 2 rings (SSSR count). The number of rotatable bonds is 5. The average molecular weight is 342 g/mol. The van der Waals surface area contributed by atoms with E-state index in [0.717, 1.165) is 0 Å². The second kappa shape index (κ2) is 6.56. The van der Waals surface area contributed by atoms with Gasteiger partial charge >= 0.3 is 0 Å². The fraction of sp³-hybridized carbons (Fsp3) is 0.214. The summed E-state index contributed by atoms with van der Waals surface area (Å²) in [6, 6.07) is 6.14. The first kappa shape index (κ1) is 14.6. The van der Waals surface area contributed by atoms with E-state index in [1.807, 2.05) is 0 Å². The van der Waals surface area contributed by atoms with Gasteiger partial charge in [-0.3, -0.25) is 4.98 Å². The van der Waals surface area contributed by atoms with Crippen molar-refractivity contribution >= 4 is 15.9 Å². The summed E-state index contributed by atoms with van der Waals surface area (Å²) in [4.78, 5) is 4.20. The second-order valence-electron chi connectivity index (χ2n) is 3.86. The third kappa shape index (κ3) is 3.19. The molecule has 0 saturated carbocycles. The molecule has 0 aliphatic rings. The zero-order chi connectivity index (χ0) is 14.5. The minimum absolute atomic E-state index is 0.193. The molecule has 1 heterocycles. The van der Waals surface area contributed by atoms with Crippen LogP contribution in [-0.4, -0.2) is 19.2 Å². The number of methoxy groups -OCH3 is 2. The van der Waals surface area contributed by atoms with Crippen molar-refractivity contribution < 1.29 is 18.6 Å². The molecular formula is C14H13BrFNO3. The van der Waals surface area contributed by atoms with Gasteiger partial charge in [-0.25, -0.2) is 4.39 Å². The smallest absolute Gasteiger partial charge is 0.185 e. The van der Waals surface area contributed by atoms with Crippen molar-refractivity contribution in [2.45, 2.75) is 6.61 Å². The summed E-state index contributed by atoms with van der Waals surface area (Å²) in [6.07, 6.45) is 1.61. The highest BCUT2D eigenvalue weighted by molar-refractivity contribution is 9.10. The maximum absolute atomic E-state index is 13.1. The molecule has 1 aromatic heterocycles. The molecule has 0 aliphatic heterocycles. The first-order valence-electron chi connectivity index (χ1n) is 5.79. The Hall–Kier alpha value is -1.82. The maximum atomic E-state index is 13.1. The van der Waals surface area contributed by atoms with Gasteiger partial charge < -0.3 is 14.2 Å². The molecule has 106 valence electrons. The predicted octanol–water partition coefficient (Wildman–Crippen LogP) is 3.58. The molecule has 20 heavy (non-hydrogen) atoms. The minimum Gasteiger partial charge on any atom is -0.493 e. The first-order chi connectivity index (χ1) is 9.65. The fourth-order valence-electron chi connectivity index (χ4n) is 1.67. The van der Waals surface area contributed by atoms with E-state index in [9.17, 15) is 4.39 Å². The van der Waals surface area contributed by atoms with Crippen LogP contribution in [0.15, 0.2) is 34.9 Å². The quantitative estimate of drug-likeness (QED) is 0.833. The second-order valence-corrected chi connectivity index (χ2v) is 4.71. The number of pyridine rings is 1. The van der Waals surface area contributed by atoms with Crippen LogP contribution in [0.5, 0.6) is 17.2 Å². The topological polar surface area (TPSA) is 40.6 Å². The number of hydrogen-bond acceptors (Lipinski definition) is 4. The molecule has 2 aromatic rings. The van der Waals surface area contributed by atoms with Crippen LogP contribution in [0.1, 0.15) is 5.69 Å². The van der Waals surface area contributed by atoms with Crippen molar-refractivity contribution in [1.29, 1.82) is 0 Å². The molecule has 0 bridgehead atoms. The first-order valence-corrected chi connectivity index (χ1v) is 6.58. The number of hydrogen-bond donors (Lipinski definition) is 0. The van der Waals surface area contributed by atoms with E-state index in [2.05, 4.69) is 20.9 Å². The van der Waals surface area contributed by atoms with Crippen molar-refractivity contribution in [2.75, 3.05) is 14.2 Å². The highest BCUT2D eigenvalue weighted by Crippen LogP contribution is 2.30. The lowest BCUT2D eigenvalue weighted by molar-refractivity contribution is 0.284. The van der Waals surface area contributed by atoms with Crippen molar-refractivity contribution in [3.8, 4) is 17.2 Å². The SMILES string of the molecule is COc1ccnc(COc2ccc(F)c(Br)c2)c1OC. The van der Waals surface area contributed by atoms with E-state index in [-0.39, 0.29) is 12.4 Å². The van der Waals surface area contributed by atoms with Gasteiger partial charge in [0.05, 0.1) is 18.7 Å². The predicted molar refractivity (Wildman–Crippen MR) is 75.8 cm³/mol. The number of ether oxygens (including phenoxy) is 3. The van der Waals surface area contributed by atoms with Gasteiger partial charge in [0.2, 0.25) is 0 Å². The molecule has 0 saturated heterocycles. The highest BCUT2D eigenvalue weighted by atomic mass is 79.9. The van der Waals surface area contributed by atoms with Crippen LogP contribution >= 0.6 is 15.9 Å². The van der Waals surface area contributed by atoms with Gasteiger partial charge in [0.25, 0.3) is 0 Å². The Morgan fingerprint density at radius 2 is 2.00 bits per heavy atom. The molecular weight excluding hydrogens is 329 g/mol. The molecule has 4 nitrogen and oxygen atoms in total. The zero-order valence-corrected chi connectivity index (χ0v) is 12.6. The highest BCUT2D eigenvalue weighted by Gasteiger charge is 2.12. The Balaban J connectivity index is 2.16. The summed E-state index contributed by atoms with van der Waals surface area (Å²) in [5, 5.41) is 0. The molecule has 1 aromatic carbocycles. The molecule has 0 aliphatic carbocycles. The minimum atomic E-state index is -0.338. The van der Waals surface area contributed by atoms with Gasteiger partial charge in [-0.15, -0.1) is 0 Å². The van der Waals surface area contributed by atoms with Crippen molar-refractivity contribution in [3.05, 3.63) is 46.4 Å². The third-order valence-electron chi connectivity index (χ3n) is 2.63. The summed E-state index contributed by atoms with van der Waals surface area (Å²) < 4.78 is 29.5. The zero-order valence-electron chi connectivity index (χ0n) is 11.0. The Labute approximate surface area is 124 Å². The molecule has 6 heteroatoms. The van der Waals surface area contributed by atoms with Gasteiger partial charge in [-0.05, 0) is 34.1 Å². The maximum Gasteiger partial charge on any atom is 0.185 e. The molecule has 0 unspecified atom stereocenters. The van der Waals surface area contributed by atoms with E-state index < -0.39 is 0 Å².